The summed E-state index contributed by atoms with van der Waals surface area (Å²) in [5.74, 6) is 0.0436. The van der Waals surface area contributed by atoms with E-state index in [1.165, 1.54) is 11.3 Å². The molecule has 2 fully saturated rings. The molecule has 6 N–H and O–H groups in total. The SMILES string of the molecule is N=C(N)c1csc(CNC(=O)[C@@H]2CC3(CNC3)CN2C(=O)CNC(=O)CCCOc2ccccc2)c1. The van der Waals surface area contributed by atoms with Crippen LogP contribution in [0.5, 0.6) is 5.75 Å². The molecular formula is C25H32N6O4S. The Labute approximate surface area is 214 Å². The molecule has 10 nitrogen and oxygen atoms in total. The van der Waals surface area contributed by atoms with Gasteiger partial charge in [-0.1, -0.05) is 18.2 Å². The lowest BCUT2D eigenvalue weighted by Crippen LogP contribution is -2.55. The molecule has 2 saturated heterocycles. The van der Waals surface area contributed by atoms with Gasteiger partial charge in [-0.05, 0) is 31.0 Å². The fourth-order valence-electron chi connectivity index (χ4n) is 4.50. The number of ether oxygens (including phenoxy) is 1. The quantitative estimate of drug-likeness (QED) is 0.171. The summed E-state index contributed by atoms with van der Waals surface area (Å²) >= 11 is 1.42. The van der Waals surface area contributed by atoms with Gasteiger partial charge in [-0.25, -0.2) is 0 Å². The number of nitrogen functional groups attached to an aromatic ring is 1. The summed E-state index contributed by atoms with van der Waals surface area (Å²) < 4.78 is 5.59. The Hall–Kier alpha value is -3.44. The van der Waals surface area contributed by atoms with Gasteiger partial charge < -0.3 is 31.3 Å². The van der Waals surface area contributed by atoms with Crippen LogP contribution in [0, 0.1) is 10.8 Å². The monoisotopic (exact) mass is 512 g/mol. The molecule has 2 aliphatic rings. The number of thiophene rings is 1. The zero-order valence-corrected chi connectivity index (χ0v) is 20.9. The van der Waals surface area contributed by atoms with Crippen LogP contribution in [0.25, 0.3) is 0 Å². The van der Waals surface area contributed by atoms with E-state index in [-0.39, 0.29) is 41.9 Å². The van der Waals surface area contributed by atoms with Gasteiger partial charge in [-0.15, -0.1) is 11.3 Å². The number of nitrogens with two attached hydrogens (primary N) is 1. The summed E-state index contributed by atoms with van der Waals surface area (Å²) in [4.78, 5) is 40.8. The standard InChI is InChI=1S/C25H32N6O4S/c26-23(27)17-9-19(36-13-17)11-30-24(34)20-10-25(14-28-15-25)16-31(20)22(33)12-29-21(32)7-4-8-35-18-5-2-1-3-6-18/h1-3,5-6,9,13,20,28H,4,7-8,10-12,14-16H2,(H3,26,27)(H,29,32)(H,30,34)/t20-/m0/s1. The number of nitrogens with one attached hydrogen (secondary N) is 4. The lowest BCUT2D eigenvalue weighted by Gasteiger charge is -2.38. The second-order valence-electron chi connectivity index (χ2n) is 9.32. The number of amidine groups is 1. The molecule has 1 aromatic carbocycles. The van der Waals surface area contributed by atoms with Crippen molar-refractivity contribution in [2.24, 2.45) is 11.1 Å². The van der Waals surface area contributed by atoms with Gasteiger partial charge in [0.2, 0.25) is 17.7 Å². The second kappa shape index (κ2) is 11.5. The van der Waals surface area contributed by atoms with Crippen molar-refractivity contribution in [2.45, 2.75) is 31.8 Å². The number of likely N-dealkylation sites (tertiary alicyclic amines) is 1. The number of para-hydroxylation sites is 1. The first-order chi connectivity index (χ1) is 17.3. The predicted molar refractivity (Wildman–Crippen MR) is 137 cm³/mol. The first-order valence-electron chi connectivity index (χ1n) is 12.0. The van der Waals surface area contributed by atoms with E-state index in [2.05, 4.69) is 16.0 Å². The van der Waals surface area contributed by atoms with Gasteiger partial charge in [-0.3, -0.25) is 19.8 Å². The van der Waals surface area contributed by atoms with Crippen LogP contribution in [-0.4, -0.2) is 67.3 Å². The lowest BCUT2D eigenvalue weighted by molar-refractivity contribution is -0.138. The minimum atomic E-state index is -0.581. The third-order valence-corrected chi connectivity index (χ3v) is 7.47. The molecule has 1 aromatic heterocycles. The molecule has 11 heteroatoms. The Bertz CT molecular complexity index is 1100. The van der Waals surface area contributed by atoms with Crippen LogP contribution < -0.4 is 26.4 Å². The molecule has 3 amide bonds. The van der Waals surface area contributed by atoms with Gasteiger partial charge >= 0.3 is 0 Å². The molecule has 2 aliphatic heterocycles. The summed E-state index contributed by atoms with van der Waals surface area (Å²) in [5, 5.41) is 18.1. The summed E-state index contributed by atoms with van der Waals surface area (Å²) in [5.41, 5.74) is 6.04. The molecule has 4 rings (SSSR count). The Morgan fingerprint density at radius 3 is 2.67 bits per heavy atom. The normalized spacial score (nSPS) is 17.9. The molecule has 3 heterocycles. The highest BCUT2D eigenvalue weighted by molar-refractivity contribution is 7.10. The van der Waals surface area contributed by atoms with Crippen molar-refractivity contribution in [3.8, 4) is 5.75 Å². The largest absolute Gasteiger partial charge is 0.494 e. The van der Waals surface area contributed by atoms with Crippen LogP contribution in [0.1, 0.15) is 29.7 Å². The third-order valence-electron chi connectivity index (χ3n) is 6.53. The van der Waals surface area contributed by atoms with Crippen molar-refractivity contribution in [3.05, 3.63) is 52.2 Å². The average molecular weight is 513 g/mol. The van der Waals surface area contributed by atoms with E-state index in [1.54, 1.807) is 16.3 Å². The number of carbonyl (C=O) groups is 3. The van der Waals surface area contributed by atoms with Gasteiger partial charge in [0, 0.05) is 47.3 Å². The van der Waals surface area contributed by atoms with E-state index in [4.69, 9.17) is 15.9 Å². The van der Waals surface area contributed by atoms with E-state index in [0.29, 0.717) is 38.1 Å². The molecule has 1 atom stereocenters. The van der Waals surface area contributed by atoms with Crippen molar-refractivity contribution in [2.75, 3.05) is 32.8 Å². The first-order valence-corrected chi connectivity index (χ1v) is 12.9. The Morgan fingerprint density at radius 2 is 2.00 bits per heavy atom. The summed E-state index contributed by atoms with van der Waals surface area (Å²) in [6.45, 7) is 2.60. The van der Waals surface area contributed by atoms with Gasteiger partial charge in [0.05, 0.1) is 19.7 Å². The Kier molecular flexibility index (Phi) is 8.21. The maximum absolute atomic E-state index is 13.0. The van der Waals surface area contributed by atoms with Crippen molar-refractivity contribution >= 4 is 34.9 Å². The third kappa shape index (κ3) is 6.41. The van der Waals surface area contributed by atoms with Crippen LogP contribution in [0.4, 0.5) is 0 Å². The van der Waals surface area contributed by atoms with Crippen molar-refractivity contribution in [3.63, 3.8) is 0 Å². The molecule has 1 spiro atoms. The molecule has 2 aromatic rings. The molecule has 0 saturated carbocycles. The van der Waals surface area contributed by atoms with E-state index in [1.807, 2.05) is 30.3 Å². The minimum absolute atomic E-state index is 0.0124. The summed E-state index contributed by atoms with van der Waals surface area (Å²) in [6.07, 6.45) is 1.37. The van der Waals surface area contributed by atoms with Gasteiger partial charge in [0.15, 0.2) is 0 Å². The van der Waals surface area contributed by atoms with Gasteiger partial charge in [-0.2, -0.15) is 0 Å². The predicted octanol–water partition coefficient (Wildman–Crippen LogP) is 0.814. The van der Waals surface area contributed by atoms with E-state index < -0.39 is 6.04 Å². The molecule has 36 heavy (non-hydrogen) atoms. The summed E-state index contributed by atoms with van der Waals surface area (Å²) in [7, 11) is 0. The highest BCUT2D eigenvalue weighted by Crippen LogP contribution is 2.38. The minimum Gasteiger partial charge on any atom is -0.494 e. The fraction of sp³-hybridized carbons (Fsp3) is 0.440. The Morgan fingerprint density at radius 1 is 1.22 bits per heavy atom. The highest BCUT2D eigenvalue weighted by atomic mass is 32.1. The number of rotatable bonds is 11. The van der Waals surface area contributed by atoms with Crippen molar-refractivity contribution < 1.29 is 19.1 Å². The fourth-order valence-corrected chi connectivity index (χ4v) is 5.32. The second-order valence-corrected chi connectivity index (χ2v) is 10.3. The van der Waals surface area contributed by atoms with Crippen molar-refractivity contribution in [1.82, 2.24) is 20.9 Å². The molecule has 0 unspecified atom stereocenters. The number of benzene rings is 1. The Balaban J connectivity index is 1.24. The average Bonchev–Trinajstić information content (AvgIpc) is 3.50. The number of hydrogen-bond donors (Lipinski definition) is 5. The number of amides is 3. The van der Waals surface area contributed by atoms with Gasteiger partial charge in [0.1, 0.15) is 17.6 Å². The van der Waals surface area contributed by atoms with Crippen molar-refractivity contribution in [1.29, 1.82) is 5.41 Å². The maximum Gasteiger partial charge on any atom is 0.243 e. The number of hydrogen-bond acceptors (Lipinski definition) is 7. The van der Waals surface area contributed by atoms with Crippen LogP contribution in [0.3, 0.4) is 0 Å². The van der Waals surface area contributed by atoms with Gasteiger partial charge in [0.25, 0.3) is 0 Å². The molecule has 0 bridgehead atoms. The molecular weight excluding hydrogens is 480 g/mol. The highest BCUT2D eigenvalue weighted by Gasteiger charge is 2.51. The summed E-state index contributed by atoms with van der Waals surface area (Å²) in [6, 6.07) is 10.6. The van der Waals surface area contributed by atoms with Crippen LogP contribution >= 0.6 is 11.3 Å². The topological polar surface area (TPSA) is 150 Å². The van der Waals surface area contributed by atoms with Crippen LogP contribution in [-0.2, 0) is 20.9 Å². The maximum atomic E-state index is 13.0. The van der Waals surface area contributed by atoms with Crippen LogP contribution in [0.15, 0.2) is 41.8 Å². The van der Waals surface area contributed by atoms with E-state index in [9.17, 15) is 14.4 Å². The molecule has 0 radical (unpaired) electrons. The number of carbonyl (C=O) groups excluding carboxylic acids is 3. The first kappa shape index (κ1) is 25.6. The van der Waals surface area contributed by atoms with E-state index in [0.717, 1.165) is 23.7 Å². The molecule has 0 aliphatic carbocycles. The van der Waals surface area contributed by atoms with Crippen LogP contribution in [0.2, 0.25) is 0 Å². The smallest absolute Gasteiger partial charge is 0.243 e. The lowest BCUT2D eigenvalue weighted by atomic mass is 9.79. The van der Waals surface area contributed by atoms with E-state index >= 15 is 0 Å². The molecule has 192 valence electrons. The zero-order chi connectivity index (χ0) is 25.5. The number of nitrogens with zero attached hydrogens (tertiary/aromatic N) is 1. The zero-order valence-electron chi connectivity index (χ0n) is 20.0.